The topological polar surface area (TPSA) is 70.6 Å². The van der Waals surface area contributed by atoms with E-state index < -0.39 is 0 Å². The normalized spacial score (nSPS) is 13.3. The Morgan fingerprint density at radius 3 is 2.46 bits per heavy atom. The van der Waals surface area contributed by atoms with E-state index in [1.165, 1.54) is 16.2 Å². The first kappa shape index (κ1) is 16.3. The molecule has 1 aromatic heterocycles. The molecule has 2 aromatic rings. The van der Waals surface area contributed by atoms with Crippen molar-refractivity contribution in [1.29, 1.82) is 0 Å². The number of carbonyl (C=O) groups is 3. The minimum Gasteiger partial charge on any atom is -0.339 e. The van der Waals surface area contributed by atoms with Gasteiger partial charge >= 0.3 is 0 Å². The Kier molecular flexibility index (Phi) is 4.71. The molecular weight excluding hydrogens is 326 g/mol. The van der Waals surface area contributed by atoms with Crippen LogP contribution in [0.3, 0.4) is 0 Å². The molecule has 0 spiro atoms. The van der Waals surface area contributed by atoms with Crippen molar-refractivity contribution in [3.63, 3.8) is 0 Å². The Morgan fingerprint density at radius 1 is 1.21 bits per heavy atom. The van der Waals surface area contributed by atoms with Crippen molar-refractivity contribution in [2.75, 3.05) is 13.6 Å². The van der Waals surface area contributed by atoms with Gasteiger partial charge in [0.2, 0.25) is 5.91 Å². The van der Waals surface area contributed by atoms with Crippen LogP contribution >= 0.6 is 11.3 Å². The summed E-state index contributed by atoms with van der Waals surface area (Å²) in [6.45, 7) is 0.729. The van der Waals surface area contributed by atoms with Gasteiger partial charge < -0.3 is 4.90 Å². The van der Waals surface area contributed by atoms with E-state index in [4.69, 9.17) is 0 Å². The van der Waals surface area contributed by atoms with Gasteiger partial charge in [-0.25, -0.2) is 4.98 Å². The van der Waals surface area contributed by atoms with Gasteiger partial charge in [0.05, 0.1) is 17.7 Å². The van der Waals surface area contributed by atoms with Crippen LogP contribution in [0.5, 0.6) is 0 Å². The van der Waals surface area contributed by atoms with Crippen LogP contribution in [0, 0.1) is 0 Å². The summed E-state index contributed by atoms with van der Waals surface area (Å²) < 4.78 is 0. The molecule has 24 heavy (non-hydrogen) atoms. The molecule has 0 fully saturated rings. The molecule has 0 aliphatic carbocycles. The van der Waals surface area contributed by atoms with Crippen LogP contribution in [0.25, 0.3) is 0 Å². The van der Waals surface area contributed by atoms with Crippen molar-refractivity contribution >= 4 is 29.1 Å². The predicted octanol–water partition coefficient (Wildman–Crippen LogP) is 2.18. The summed E-state index contributed by atoms with van der Waals surface area (Å²) in [5.74, 6) is -0.583. The van der Waals surface area contributed by atoms with Crippen molar-refractivity contribution in [2.45, 2.75) is 19.4 Å². The molecule has 7 heteroatoms. The Morgan fingerprint density at radius 2 is 1.88 bits per heavy atom. The van der Waals surface area contributed by atoms with Crippen LogP contribution in [0.1, 0.15) is 38.6 Å². The number of nitrogens with zero attached hydrogens (tertiary/aromatic N) is 3. The Balaban J connectivity index is 1.51. The van der Waals surface area contributed by atoms with E-state index in [1.54, 1.807) is 42.4 Å². The zero-order chi connectivity index (χ0) is 17.1. The van der Waals surface area contributed by atoms with E-state index >= 15 is 0 Å². The van der Waals surface area contributed by atoms with E-state index in [1.807, 2.05) is 5.38 Å². The van der Waals surface area contributed by atoms with Crippen LogP contribution in [0.4, 0.5) is 0 Å². The van der Waals surface area contributed by atoms with Crippen molar-refractivity contribution in [3.05, 3.63) is 52.0 Å². The molecule has 124 valence electrons. The van der Waals surface area contributed by atoms with Gasteiger partial charge in [0, 0.05) is 31.6 Å². The van der Waals surface area contributed by atoms with E-state index in [0.717, 1.165) is 5.01 Å². The highest BCUT2D eigenvalue weighted by Gasteiger charge is 2.34. The number of aromatic nitrogens is 1. The molecule has 1 aromatic carbocycles. The van der Waals surface area contributed by atoms with Gasteiger partial charge in [0.1, 0.15) is 5.01 Å². The Labute approximate surface area is 143 Å². The standard InChI is InChI=1S/C17H17N3O3S/c1-19(11-14-18-8-10-24-14)15(21)7-4-9-20-16(22)12-5-2-3-6-13(12)17(20)23/h2-3,5-6,8,10H,4,7,9,11H2,1H3. The summed E-state index contributed by atoms with van der Waals surface area (Å²) in [7, 11) is 1.73. The average molecular weight is 343 g/mol. The van der Waals surface area contributed by atoms with E-state index in [9.17, 15) is 14.4 Å². The fourth-order valence-electron chi connectivity index (χ4n) is 2.64. The average Bonchev–Trinajstić information content (AvgIpc) is 3.17. The van der Waals surface area contributed by atoms with Gasteiger partial charge in [-0.3, -0.25) is 19.3 Å². The molecule has 0 N–H and O–H groups in total. The monoisotopic (exact) mass is 343 g/mol. The largest absolute Gasteiger partial charge is 0.339 e. The third-order valence-electron chi connectivity index (χ3n) is 3.93. The third kappa shape index (κ3) is 3.21. The van der Waals surface area contributed by atoms with E-state index in [-0.39, 0.29) is 30.7 Å². The molecule has 0 bridgehead atoms. The fraction of sp³-hybridized carbons (Fsp3) is 0.294. The molecule has 0 radical (unpaired) electrons. The zero-order valence-electron chi connectivity index (χ0n) is 13.3. The second-order valence-corrected chi connectivity index (χ2v) is 6.57. The van der Waals surface area contributed by atoms with Gasteiger partial charge in [-0.05, 0) is 18.6 Å². The van der Waals surface area contributed by atoms with Crippen molar-refractivity contribution in [2.24, 2.45) is 0 Å². The van der Waals surface area contributed by atoms with Crippen LogP contribution in [0.15, 0.2) is 35.8 Å². The summed E-state index contributed by atoms with van der Waals surface area (Å²) in [6, 6.07) is 6.79. The quantitative estimate of drug-likeness (QED) is 0.754. The summed E-state index contributed by atoms with van der Waals surface area (Å²) in [4.78, 5) is 43.6. The van der Waals surface area contributed by atoms with Gasteiger partial charge in [0.15, 0.2) is 0 Å². The third-order valence-corrected chi connectivity index (χ3v) is 4.70. The van der Waals surface area contributed by atoms with Crippen molar-refractivity contribution < 1.29 is 14.4 Å². The fourth-order valence-corrected chi connectivity index (χ4v) is 3.31. The van der Waals surface area contributed by atoms with Gasteiger partial charge in [-0.2, -0.15) is 0 Å². The predicted molar refractivity (Wildman–Crippen MR) is 89.6 cm³/mol. The van der Waals surface area contributed by atoms with Crippen molar-refractivity contribution in [1.82, 2.24) is 14.8 Å². The lowest BCUT2D eigenvalue weighted by Gasteiger charge is -2.17. The smallest absolute Gasteiger partial charge is 0.261 e. The molecule has 0 saturated heterocycles. The van der Waals surface area contributed by atoms with E-state index in [0.29, 0.717) is 24.1 Å². The van der Waals surface area contributed by atoms with Crippen LogP contribution in [0.2, 0.25) is 0 Å². The van der Waals surface area contributed by atoms with Gasteiger partial charge in [0.25, 0.3) is 11.8 Å². The first-order chi connectivity index (χ1) is 11.6. The molecule has 3 amide bonds. The molecular formula is C17H17N3O3S. The first-order valence-electron chi connectivity index (χ1n) is 7.65. The lowest BCUT2D eigenvalue weighted by atomic mass is 10.1. The Bertz CT molecular complexity index is 738. The Hall–Kier alpha value is -2.54. The minimum atomic E-state index is -0.279. The number of rotatable bonds is 6. The van der Waals surface area contributed by atoms with Gasteiger partial charge in [-0.15, -0.1) is 11.3 Å². The second kappa shape index (κ2) is 6.92. The number of hydrogen-bond donors (Lipinski definition) is 0. The van der Waals surface area contributed by atoms with Gasteiger partial charge in [-0.1, -0.05) is 12.1 Å². The summed E-state index contributed by atoms with van der Waals surface area (Å²) >= 11 is 1.50. The second-order valence-electron chi connectivity index (χ2n) is 5.59. The van der Waals surface area contributed by atoms with E-state index in [2.05, 4.69) is 4.98 Å². The first-order valence-corrected chi connectivity index (χ1v) is 8.53. The number of fused-ring (bicyclic) bond motifs is 1. The van der Waals surface area contributed by atoms with Crippen molar-refractivity contribution in [3.8, 4) is 0 Å². The number of thiazole rings is 1. The van der Waals surface area contributed by atoms with Crippen LogP contribution < -0.4 is 0 Å². The number of carbonyl (C=O) groups excluding carboxylic acids is 3. The highest BCUT2D eigenvalue weighted by Crippen LogP contribution is 2.22. The number of hydrogen-bond acceptors (Lipinski definition) is 5. The molecule has 0 saturated carbocycles. The number of benzene rings is 1. The maximum atomic E-state index is 12.2. The maximum Gasteiger partial charge on any atom is 0.261 e. The lowest BCUT2D eigenvalue weighted by Crippen LogP contribution is -2.32. The SMILES string of the molecule is CN(Cc1nccs1)C(=O)CCCN1C(=O)c2ccccc2C1=O. The highest BCUT2D eigenvalue weighted by atomic mass is 32.1. The summed E-state index contributed by atoms with van der Waals surface area (Å²) in [5.41, 5.74) is 0.879. The zero-order valence-corrected chi connectivity index (χ0v) is 14.1. The molecule has 1 aliphatic heterocycles. The van der Waals surface area contributed by atoms with Crippen LogP contribution in [-0.4, -0.2) is 46.1 Å². The summed E-state index contributed by atoms with van der Waals surface area (Å²) in [5, 5.41) is 2.75. The molecule has 0 atom stereocenters. The molecule has 3 rings (SSSR count). The van der Waals surface area contributed by atoms with Crippen LogP contribution in [-0.2, 0) is 11.3 Å². The molecule has 1 aliphatic rings. The molecule has 6 nitrogen and oxygen atoms in total. The highest BCUT2D eigenvalue weighted by molar-refractivity contribution is 7.09. The molecule has 0 unspecified atom stereocenters. The molecule has 2 heterocycles. The lowest BCUT2D eigenvalue weighted by molar-refractivity contribution is -0.130. The minimum absolute atomic E-state index is 0.0261. The summed E-state index contributed by atoms with van der Waals surface area (Å²) in [6.07, 6.45) is 2.45. The number of amides is 3. The number of imide groups is 1. The maximum absolute atomic E-state index is 12.2.